The van der Waals surface area contributed by atoms with E-state index in [-0.39, 0.29) is 17.9 Å². The molecule has 7 heteroatoms. The molecule has 0 atom stereocenters. The summed E-state index contributed by atoms with van der Waals surface area (Å²) in [6.45, 7) is 3.83. The van der Waals surface area contributed by atoms with Gasteiger partial charge in [0.2, 0.25) is 0 Å². The number of aryl methyl sites for hydroxylation is 2. The van der Waals surface area contributed by atoms with Gasteiger partial charge in [-0.05, 0) is 25.5 Å². The summed E-state index contributed by atoms with van der Waals surface area (Å²) in [6.07, 6.45) is -0.907. The van der Waals surface area contributed by atoms with Crippen molar-refractivity contribution in [3.8, 4) is 0 Å². The lowest BCUT2D eigenvalue weighted by Gasteiger charge is -2.11. The highest BCUT2D eigenvalue weighted by atomic mass is 19.2. The van der Waals surface area contributed by atoms with E-state index < -0.39 is 23.7 Å². The maximum Gasteiger partial charge on any atom is 0.411 e. The molecule has 0 unspecified atom stereocenters. The number of carbonyl (C=O) groups is 2. The Kier molecular flexibility index (Phi) is 5.69. The first kappa shape index (κ1) is 18.4. The van der Waals surface area contributed by atoms with Crippen molar-refractivity contribution in [2.45, 2.75) is 20.5 Å². The van der Waals surface area contributed by atoms with Crippen molar-refractivity contribution in [2.75, 3.05) is 12.4 Å². The van der Waals surface area contributed by atoms with Gasteiger partial charge in [0.1, 0.15) is 6.61 Å². The molecule has 0 saturated heterocycles. The second-order valence-electron chi connectivity index (χ2n) is 5.50. The Hall–Kier alpha value is -2.96. The van der Waals surface area contributed by atoms with Gasteiger partial charge in [0.05, 0.1) is 18.4 Å². The van der Waals surface area contributed by atoms with Gasteiger partial charge in [-0.15, -0.1) is 0 Å². The first-order valence-corrected chi connectivity index (χ1v) is 7.38. The molecular formula is C18H17F2NO4. The normalized spacial score (nSPS) is 10.3. The number of methoxy groups -OCH3 is 1. The van der Waals surface area contributed by atoms with Gasteiger partial charge >= 0.3 is 12.1 Å². The Morgan fingerprint density at radius 2 is 1.60 bits per heavy atom. The van der Waals surface area contributed by atoms with Crippen molar-refractivity contribution < 1.29 is 27.8 Å². The summed E-state index contributed by atoms with van der Waals surface area (Å²) in [5.41, 5.74) is 2.27. The minimum Gasteiger partial charge on any atom is -0.465 e. The topological polar surface area (TPSA) is 64.6 Å². The molecule has 0 aliphatic carbocycles. The van der Waals surface area contributed by atoms with Crippen LogP contribution in [0.3, 0.4) is 0 Å². The van der Waals surface area contributed by atoms with Crippen molar-refractivity contribution in [1.82, 2.24) is 0 Å². The molecule has 2 aromatic carbocycles. The number of amides is 1. The molecule has 132 valence electrons. The number of halogens is 2. The molecule has 0 fully saturated rings. The average Bonchev–Trinajstić information content (AvgIpc) is 2.54. The van der Waals surface area contributed by atoms with Crippen LogP contribution in [0.2, 0.25) is 0 Å². The number of rotatable bonds is 4. The van der Waals surface area contributed by atoms with Crippen LogP contribution in [-0.4, -0.2) is 19.2 Å². The fourth-order valence-corrected chi connectivity index (χ4v) is 2.38. The smallest absolute Gasteiger partial charge is 0.411 e. The molecule has 0 heterocycles. The van der Waals surface area contributed by atoms with Gasteiger partial charge in [-0.2, -0.15) is 0 Å². The Balaban J connectivity index is 2.12. The minimum atomic E-state index is -1.23. The van der Waals surface area contributed by atoms with Crippen LogP contribution in [0.15, 0.2) is 30.3 Å². The van der Waals surface area contributed by atoms with Crippen LogP contribution in [0.4, 0.5) is 19.3 Å². The second kappa shape index (κ2) is 7.74. The fraction of sp³-hybridized carbons (Fsp3) is 0.222. The number of anilines is 1. The zero-order chi connectivity index (χ0) is 18.6. The van der Waals surface area contributed by atoms with E-state index in [1.54, 1.807) is 0 Å². The lowest BCUT2D eigenvalue weighted by atomic mass is 10.1. The molecule has 0 saturated carbocycles. The zero-order valence-corrected chi connectivity index (χ0v) is 14.0. The molecule has 5 nitrogen and oxygen atoms in total. The molecule has 2 rings (SSSR count). The van der Waals surface area contributed by atoms with Gasteiger partial charge in [0, 0.05) is 6.07 Å². The predicted molar refractivity (Wildman–Crippen MR) is 87.4 cm³/mol. The van der Waals surface area contributed by atoms with Crippen LogP contribution in [0, 0.1) is 25.5 Å². The average molecular weight is 349 g/mol. The largest absolute Gasteiger partial charge is 0.465 e. The van der Waals surface area contributed by atoms with Gasteiger partial charge in [0.15, 0.2) is 11.6 Å². The molecule has 0 spiro atoms. The number of benzene rings is 2. The van der Waals surface area contributed by atoms with Crippen molar-refractivity contribution in [3.63, 3.8) is 0 Å². The number of ether oxygens (including phenoxy) is 2. The van der Waals surface area contributed by atoms with E-state index in [2.05, 4.69) is 10.1 Å². The first-order chi connectivity index (χ1) is 11.8. The summed E-state index contributed by atoms with van der Waals surface area (Å²) < 4.78 is 36.3. The zero-order valence-electron chi connectivity index (χ0n) is 14.0. The number of hydrogen-bond acceptors (Lipinski definition) is 4. The summed E-state index contributed by atoms with van der Waals surface area (Å²) >= 11 is 0. The van der Waals surface area contributed by atoms with Gasteiger partial charge in [-0.1, -0.05) is 29.3 Å². The van der Waals surface area contributed by atoms with E-state index >= 15 is 0 Å². The van der Waals surface area contributed by atoms with Crippen LogP contribution in [0.5, 0.6) is 0 Å². The molecule has 0 radical (unpaired) electrons. The molecule has 1 amide bonds. The summed E-state index contributed by atoms with van der Waals surface area (Å²) in [5, 5.41) is 2.22. The Morgan fingerprint density at radius 3 is 2.20 bits per heavy atom. The number of esters is 1. The second-order valence-corrected chi connectivity index (χ2v) is 5.50. The summed E-state index contributed by atoms with van der Waals surface area (Å²) in [5.74, 6) is -3.35. The van der Waals surface area contributed by atoms with Crippen LogP contribution in [0.1, 0.15) is 27.0 Å². The Bertz CT molecular complexity index is 801. The van der Waals surface area contributed by atoms with Crippen LogP contribution < -0.4 is 5.32 Å². The lowest BCUT2D eigenvalue weighted by Crippen LogP contribution is -2.17. The predicted octanol–water partition coefficient (Wildman–Crippen LogP) is 4.12. The van der Waals surface area contributed by atoms with E-state index in [4.69, 9.17) is 4.74 Å². The highest BCUT2D eigenvalue weighted by molar-refractivity contribution is 5.99. The van der Waals surface area contributed by atoms with E-state index in [1.807, 2.05) is 32.0 Å². The maximum absolute atomic E-state index is 13.4. The summed E-state index contributed by atoms with van der Waals surface area (Å²) in [6, 6.07) is 7.04. The summed E-state index contributed by atoms with van der Waals surface area (Å²) in [4.78, 5) is 23.5. The SMILES string of the molecule is COC(=O)c1cc(F)c(F)cc1NC(=O)OCc1cc(C)cc(C)c1. The molecule has 25 heavy (non-hydrogen) atoms. The van der Waals surface area contributed by atoms with E-state index in [1.165, 1.54) is 0 Å². The van der Waals surface area contributed by atoms with Gasteiger partial charge < -0.3 is 9.47 Å². The molecule has 0 bridgehead atoms. The number of hydrogen-bond donors (Lipinski definition) is 1. The Labute approximate surface area is 143 Å². The van der Waals surface area contributed by atoms with Gasteiger partial charge in [-0.25, -0.2) is 18.4 Å². The molecular weight excluding hydrogens is 332 g/mol. The third-order valence-corrected chi connectivity index (χ3v) is 3.35. The summed E-state index contributed by atoms with van der Waals surface area (Å²) in [7, 11) is 1.09. The lowest BCUT2D eigenvalue weighted by molar-refractivity contribution is 0.0601. The van der Waals surface area contributed by atoms with Crippen LogP contribution >= 0.6 is 0 Å². The van der Waals surface area contributed by atoms with Crippen molar-refractivity contribution in [1.29, 1.82) is 0 Å². The van der Waals surface area contributed by atoms with Crippen LogP contribution in [0.25, 0.3) is 0 Å². The molecule has 2 aromatic rings. The molecule has 0 aliphatic heterocycles. The molecule has 0 aliphatic rings. The third-order valence-electron chi connectivity index (χ3n) is 3.35. The highest BCUT2D eigenvalue weighted by Crippen LogP contribution is 2.21. The van der Waals surface area contributed by atoms with Crippen LogP contribution in [-0.2, 0) is 16.1 Å². The fourth-order valence-electron chi connectivity index (χ4n) is 2.38. The third kappa shape index (κ3) is 4.76. The van der Waals surface area contributed by atoms with Crippen molar-refractivity contribution in [3.05, 3.63) is 64.2 Å². The van der Waals surface area contributed by atoms with Crippen molar-refractivity contribution in [2.24, 2.45) is 0 Å². The number of nitrogens with one attached hydrogen (secondary N) is 1. The Morgan fingerprint density at radius 1 is 1.00 bits per heavy atom. The standard InChI is InChI=1S/C18H17F2NO4/c1-10-4-11(2)6-12(5-10)9-25-18(23)21-16-8-15(20)14(19)7-13(16)17(22)24-3/h4-8H,9H2,1-3H3,(H,21,23). The van der Waals surface area contributed by atoms with E-state index in [9.17, 15) is 18.4 Å². The highest BCUT2D eigenvalue weighted by Gasteiger charge is 2.18. The molecule has 1 N–H and O–H groups in total. The first-order valence-electron chi connectivity index (χ1n) is 7.38. The minimum absolute atomic E-state index is 0.00835. The van der Waals surface area contributed by atoms with E-state index in [0.717, 1.165) is 23.8 Å². The van der Waals surface area contributed by atoms with Gasteiger partial charge in [-0.3, -0.25) is 5.32 Å². The quantitative estimate of drug-likeness (QED) is 0.844. The number of carbonyl (C=O) groups excluding carboxylic acids is 2. The monoisotopic (exact) mass is 349 g/mol. The van der Waals surface area contributed by atoms with Crippen molar-refractivity contribution >= 4 is 17.7 Å². The van der Waals surface area contributed by atoms with Gasteiger partial charge in [0.25, 0.3) is 0 Å². The van der Waals surface area contributed by atoms with E-state index in [0.29, 0.717) is 12.1 Å². The maximum atomic E-state index is 13.4. The molecule has 0 aromatic heterocycles.